The Morgan fingerprint density at radius 1 is 1.10 bits per heavy atom. The summed E-state index contributed by atoms with van der Waals surface area (Å²) < 4.78 is 5.23. The fourth-order valence-electron chi connectivity index (χ4n) is 3.21. The lowest BCUT2D eigenvalue weighted by atomic mass is 9.98. The lowest BCUT2D eigenvalue weighted by Gasteiger charge is -2.30. The van der Waals surface area contributed by atoms with Gasteiger partial charge < -0.3 is 20.0 Å². The third-order valence-electron chi connectivity index (χ3n) is 4.79. The smallest absolute Gasteiger partial charge is 0.317 e. The Bertz CT molecular complexity index is 950. The maximum atomic E-state index is 12.3. The number of urea groups is 1. The highest BCUT2D eigenvalue weighted by atomic mass is 32.1. The van der Waals surface area contributed by atoms with Crippen LogP contribution in [0, 0.1) is 0 Å². The van der Waals surface area contributed by atoms with Gasteiger partial charge in [-0.2, -0.15) is 0 Å². The zero-order valence-electron chi connectivity index (χ0n) is 15.7. The molecule has 0 atom stereocenters. The number of piperidine rings is 1. The Kier molecular flexibility index (Phi) is 5.85. The van der Waals surface area contributed by atoms with Crippen LogP contribution in [-0.4, -0.2) is 40.1 Å². The number of furan rings is 1. The quantitative estimate of drug-likeness (QED) is 0.670. The number of benzene rings is 1. The van der Waals surface area contributed by atoms with Crippen molar-refractivity contribution in [3.63, 3.8) is 0 Å². The van der Waals surface area contributed by atoms with Gasteiger partial charge in [-0.05, 0) is 37.1 Å². The Morgan fingerprint density at radius 2 is 1.90 bits per heavy atom. The summed E-state index contributed by atoms with van der Waals surface area (Å²) in [5.74, 6) is 0.679. The highest BCUT2D eigenvalue weighted by Crippen LogP contribution is 2.30. The number of rotatable bonds is 5. The number of aromatic nitrogens is 2. The van der Waals surface area contributed by atoms with Crippen molar-refractivity contribution in [1.82, 2.24) is 20.4 Å². The van der Waals surface area contributed by atoms with Gasteiger partial charge in [0.1, 0.15) is 10.8 Å². The Hall–Kier alpha value is -3.20. The summed E-state index contributed by atoms with van der Waals surface area (Å²) >= 11 is 1.32. The van der Waals surface area contributed by atoms with Crippen LogP contribution in [0.5, 0.6) is 0 Å². The number of nitrogens with zero attached hydrogens (tertiary/aromatic N) is 3. The maximum Gasteiger partial charge on any atom is 0.317 e. The van der Waals surface area contributed by atoms with Crippen LogP contribution < -0.4 is 10.6 Å². The lowest BCUT2D eigenvalue weighted by molar-refractivity contribution is 0.102. The van der Waals surface area contributed by atoms with E-state index in [1.165, 1.54) is 11.3 Å². The van der Waals surface area contributed by atoms with E-state index in [2.05, 4.69) is 20.8 Å². The predicted molar refractivity (Wildman–Crippen MR) is 109 cm³/mol. The minimum atomic E-state index is -0.255. The first-order valence-electron chi connectivity index (χ1n) is 9.44. The molecular weight excluding hydrogens is 390 g/mol. The number of para-hydroxylation sites is 1. The number of hydrogen-bond donors (Lipinski definition) is 2. The highest BCUT2D eigenvalue weighted by molar-refractivity contribution is 7.13. The van der Waals surface area contributed by atoms with E-state index in [1.54, 1.807) is 17.2 Å². The van der Waals surface area contributed by atoms with Gasteiger partial charge in [-0.3, -0.25) is 4.79 Å². The first-order valence-corrected chi connectivity index (χ1v) is 10.3. The summed E-state index contributed by atoms with van der Waals surface area (Å²) in [6, 6.07) is 12.8. The van der Waals surface area contributed by atoms with Gasteiger partial charge in [-0.25, -0.2) is 4.79 Å². The summed E-state index contributed by atoms with van der Waals surface area (Å²) in [7, 11) is 0. The fraction of sp³-hybridized carbons (Fsp3) is 0.300. The van der Waals surface area contributed by atoms with Gasteiger partial charge in [0.25, 0.3) is 5.91 Å². The highest BCUT2D eigenvalue weighted by Gasteiger charge is 2.27. The van der Waals surface area contributed by atoms with Gasteiger partial charge >= 0.3 is 6.03 Å². The van der Waals surface area contributed by atoms with E-state index >= 15 is 0 Å². The third kappa shape index (κ3) is 4.80. The second-order valence-electron chi connectivity index (χ2n) is 6.76. The van der Waals surface area contributed by atoms with Crippen molar-refractivity contribution < 1.29 is 14.0 Å². The monoisotopic (exact) mass is 411 g/mol. The molecule has 0 radical (unpaired) electrons. The molecule has 29 heavy (non-hydrogen) atoms. The van der Waals surface area contributed by atoms with E-state index < -0.39 is 0 Å². The van der Waals surface area contributed by atoms with Crippen LogP contribution in [0.1, 0.15) is 39.3 Å². The molecule has 9 heteroatoms. The zero-order chi connectivity index (χ0) is 20.1. The van der Waals surface area contributed by atoms with Crippen molar-refractivity contribution in [3.05, 3.63) is 64.5 Å². The number of carbonyl (C=O) groups excluding carboxylic acids is 2. The molecule has 3 heterocycles. The second-order valence-corrected chi connectivity index (χ2v) is 7.77. The van der Waals surface area contributed by atoms with Crippen LogP contribution in [0.25, 0.3) is 0 Å². The van der Waals surface area contributed by atoms with Crippen molar-refractivity contribution in [3.8, 4) is 0 Å². The van der Waals surface area contributed by atoms with Crippen molar-refractivity contribution in [1.29, 1.82) is 0 Å². The molecule has 1 fully saturated rings. The molecule has 3 amide bonds. The van der Waals surface area contributed by atoms with E-state index in [1.807, 2.05) is 36.4 Å². The minimum absolute atomic E-state index is 0.0972. The second kappa shape index (κ2) is 8.87. The largest absolute Gasteiger partial charge is 0.467 e. The van der Waals surface area contributed by atoms with Gasteiger partial charge in [0.05, 0.1) is 12.8 Å². The summed E-state index contributed by atoms with van der Waals surface area (Å²) in [5.41, 5.74) is 0.725. The van der Waals surface area contributed by atoms with Crippen LogP contribution in [0.15, 0.2) is 53.1 Å². The summed E-state index contributed by atoms with van der Waals surface area (Å²) in [6.07, 6.45) is 3.18. The van der Waals surface area contributed by atoms with Gasteiger partial charge in [-0.1, -0.05) is 29.5 Å². The van der Waals surface area contributed by atoms with Gasteiger partial charge in [0.15, 0.2) is 0 Å². The number of carbonyl (C=O) groups is 2. The minimum Gasteiger partial charge on any atom is -0.467 e. The molecule has 0 spiro atoms. The number of nitrogens with one attached hydrogen (secondary N) is 2. The van der Waals surface area contributed by atoms with E-state index in [0.29, 0.717) is 24.6 Å². The predicted octanol–water partition coefficient (Wildman–Crippen LogP) is 3.47. The molecule has 0 saturated carbocycles. The molecule has 4 rings (SSSR count). The summed E-state index contributed by atoms with van der Waals surface area (Å²) in [5, 5.41) is 15.2. The number of anilines is 1. The summed E-state index contributed by atoms with van der Waals surface area (Å²) in [4.78, 5) is 26.4. The van der Waals surface area contributed by atoms with Gasteiger partial charge in [-0.15, -0.1) is 10.2 Å². The topological polar surface area (TPSA) is 100 Å². The van der Waals surface area contributed by atoms with Crippen LogP contribution in [0.3, 0.4) is 0 Å². The maximum absolute atomic E-state index is 12.3. The Labute approximate surface area is 171 Å². The molecule has 0 aliphatic carbocycles. The molecule has 150 valence electrons. The molecule has 2 N–H and O–H groups in total. The van der Waals surface area contributed by atoms with E-state index in [9.17, 15) is 9.59 Å². The number of amides is 3. The fourth-order valence-corrected chi connectivity index (χ4v) is 4.12. The molecule has 0 bridgehead atoms. The first kappa shape index (κ1) is 19.1. The third-order valence-corrected chi connectivity index (χ3v) is 5.88. The molecule has 3 aromatic rings. The zero-order valence-corrected chi connectivity index (χ0v) is 16.5. The number of hydrogen-bond acceptors (Lipinski definition) is 6. The van der Waals surface area contributed by atoms with E-state index in [-0.39, 0.29) is 17.9 Å². The molecule has 1 aromatic carbocycles. The van der Waals surface area contributed by atoms with Crippen LogP contribution in [0.4, 0.5) is 10.5 Å². The van der Waals surface area contributed by atoms with Crippen LogP contribution in [-0.2, 0) is 6.54 Å². The molecular formula is C20H21N5O3S. The Morgan fingerprint density at radius 3 is 2.62 bits per heavy atom. The number of likely N-dealkylation sites (tertiary alicyclic amines) is 1. The molecule has 8 nitrogen and oxygen atoms in total. The van der Waals surface area contributed by atoms with Crippen molar-refractivity contribution in [2.45, 2.75) is 25.3 Å². The van der Waals surface area contributed by atoms with Gasteiger partial charge in [0, 0.05) is 24.7 Å². The van der Waals surface area contributed by atoms with Crippen LogP contribution >= 0.6 is 11.3 Å². The average Bonchev–Trinajstić information content (AvgIpc) is 3.45. The van der Waals surface area contributed by atoms with Crippen molar-refractivity contribution in [2.24, 2.45) is 0 Å². The van der Waals surface area contributed by atoms with Gasteiger partial charge in [0.2, 0.25) is 5.01 Å². The van der Waals surface area contributed by atoms with Crippen molar-refractivity contribution >= 4 is 29.0 Å². The Balaban J connectivity index is 1.27. The molecule has 1 aliphatic rings. The van der Waals surface area contributed by atoms with E-state index in [4.69, 9.17) is 4.42 Å². The summed E-state index contributed by atoms with van der Waals surface area (Å²) in [6.45, 7) is 1.65. The molecule has 1 saturated heterocycles. The first-order chi connectivity index (χ1) is 14.2. The van der Waals surface area contributed by atoms with Crippen molar-refractivity contribution in [2.75, 3.05) is 18.4 Å². The van der Waals surface area contributed by atoms with Crippen LogP contribution in [0.2, 0.25) is 0 Å². The van der Waals surface area contributed by atoms with E-state index in [0.717, 1.165) is 29.3 Å². The standard InChI is InChI=1S/C20H21N5O3S/c26-17(22-15-5-2-1-3-6-15)19-24-23-18(29-19)14-8-10-25(11-9-14)20(27)21-13-16-7-4-12-28-16/h1-7,12,14H,8-11,13H2,(H,21,27)(H,22,26). The molecule has 1 aliphatic heterocycles. The lowest BCUT2D eigenvalue weighted by Crippen LogP contribution is -2.43. The SMILES string of the molecule is O=C(Nc1ccccc1)c1nnc(C2CCN(C(=O)NCc3ccco3)CC2)s1. The molecule has 0 unspecified atom stereocenters. The molecule has 2 aromatic heterocycles. The normalized spacial score (nSPS) is 14.6. The average molecular weight is 411 g/mol.